The predicted octanol–water partition coefficient (Wildman–Crippen LogP) is 1.62. The van der Waals surface area contributed by atoms with Crippen molar-refractivity contribution in [2.24, 2.45) is 5.92 Å². The van der Waals surface area contributed by atoms with Crippen LogP contribution in [0.1, 0.15) is 36.4 Å². The molecule has 2 aromatic rings. The van der Waals surface area contributed by atoms with Crippen LogP contribution >= 0.6 is 0 Å². The van der Waals surface area contributed by atoms with E-state index in [2.05, 4.69) is 5.32 Å². The molecule has 2 bridgehead atoms. The molecule has 1 aromatic carbocycles. The largest absolute Gasteiger partial charge is 0.454 e. The number of benzene rings is 1. The maximum absolute atomic E-state index is 12.8. The molecule has 8 heteroatoms. The van der Waals surface area contributed by atoms with Crippen molar-refractivity contribution >= 4 is 11.8 Å². The Kier molecular flexibility index (Phi) is 5.13. The van der Waals surface area contributed by atoms with Crippen LogP contribution in [0.3, 0.4) is 0 Å². The number of carbonyl (C=O) groups excluding carboxylic acids is 2. The number of amides is 2. The monoisotopic (exact) mass is 423 g/mol. The molecule has 3 aliphatic heterocycles. The van der Waals surface area contributed by atoms with Crippen molar-refractivity contribution in [1.82, 2.24) is 14.8 Å². The Labute approximate surface area is 179 Å². The van der Waals surface area contributed by atoms with Gasteiger partial charge in [-0.05, 0) is 36.1 Å². The smallest absolute Gasteiger partial charge is 0.250 e. The number of nitrogens with one attached hydrogen (secondary N) is 1. The van der Waals surface area contributed by atoms with E-state index in [4.69, 9.17) is 9.47 Å². The third-order valence-electron chi connectivity index (χ3n) is 6.33. The third-order valence-corrected chi connectivity index (χ3v) is 6.33. The Morgan fingerprint density at radius 2 is 1.90 bits per heavy atom. The number of rotatable bonds is 5. The van der Waals surface area contributed by atoms with Crippen LogP contribution in [0.5, 0.6) is 11.5 Å². The normalized spacial score (nSPS) is 20.8. The van der Waals surface area contributed by atoms with Crippen LogP contribution in [0.4, 0.5) is 0 Å². The van der Waals surface area contributed by atoms with E-state index in [1.165, 1.54) is 0 Å². The van der Waals surface area contributed by atoms with E-state index >= 15 is 0 Å². The van der Waals surface area contributed by atoms with Gasteiger partial charge < -0.3 is 24.3 Å². The number of carbonyl (C=O) groups is 2. The lowest BCUT2D eigenvalue weighted by Crippen LogP contribution is -2.49. The summed E-state index contributed by atoms with van der Waals surface area (Å²) in [7, 11) is 0. The van der Waals surface area contributed by atoms with Crippen LogP contribution in [0.15, 0.2) is 41.2 Å². The first kappa shape index (κ1) is 19.7. The number of pyridine rings is 1. The Balaban J connectivity index is 1.12. The molecular formula is C23H25N3O5. The molecule has 1 saturated heterocycles. The van der Waals surface area contributed by atoms with Gasteiger partial charge in [-0.15, -0.1) is 0 Å². The van der Waals surface area contributed by atoms with Gasteiger partial charge in [0.1, 0.15) is 0 Å². The number of fused-ring (bicyclic) bond motifs is 5. The molecule has 0 aliphatic carbocycles. The summed E-state index contributed by atoms with van der Waals surface area (Å²) in [6.07, 6.45) is 1.35. The van der Waals surface area contributed by atoms with E-state index in [1.54, 1.807) is 12.1 Å². The first-order valence-electron chi connectivity index (χ1n) is 10.7. The van der Waals surface area contributed by atoms with Gasteiger partial charge >= 0.3 is 0 Å². The number of hydrogen-bond acceptors (Lipinski definition) is 5. The maximum atomic E-state index is 12.8. The van der Waals surface area contributed by atoms with E-state index in [0.717, 1.165) is 17.7 Å². The second-order valence-corrected chi connectivity index (χ2v) is 8.46. The van der Waals surface area contributed by atoms with Gasteiger partial charge in [-0.25, -0.2) is 0 Å². The topological polar surface area (TPSA) is 89.9 Å². The van der Waals surface area contributed by atoms with Gasteiger partial charge in [0, 0.05) is 56.7 Å². The van der Waals surface area contributed by atoms with Crippen LogP contribution < -0.4 is 20.3 Å². The van der Waals surface area contributed by atoms with Gasteiger partial charge in [-0.2, -0.15) is 0 Å². The highest BCUT2D eigenvalue weighted by Gasteiger charge is 2.36. The maximum Gasteiger partial charge on any atom is 0.250 e. The Morgan fingerprint density at radius 1 is 1.03 bits per heavy atom. The fraction of sp³-hybridized carbons (Fsp3) is 0.435. The Bertz CT molecular complexity index is 1080. The van der Waals surface area contributed by atoms with Gasteiger partial charge in [0.15, 0.2) is 11.5 Å². The van der Waals surface area contributed by atoms with Crippen molar-refractivity contribution in [3.05, 3.63) is 58.0 Å². The molecule has 0 spiro atoms. The quantitative estimate of drug-likeness (QED) is 0.789. The number of likely N-dealkylation sites (tertiary alicyclic amines) is 1. The molecule has 8 nitrogen and oxygen atoms in total. The number of aromatic nitrogens is 1. The van der Waals surface area contributed by atoms with Crippen LogP contribution in [-0.4, -0.2) is 41.2 Å². The minimum atomic E-state index is -0.153. The van der Waals surface area contributed by atoms with E-state index in [9.17, 15) is 14.4 Å². The molecule has 0 radical (unpaired) electrons. The van der Waals surface area contributed by atoms with E-state index < -0.39 is 0 Å². The van der Waals surface area contributed by atoms with Crippen LogP contribution in [-0.2, 0) is 22.7 Å². The van der Waals surface area contributed by atoms with Crippen molar-refractivity contribution in [2.75, 3.05) is 19.9 Å². The SMILES string of the molecule is O=C(CCC(=O)N1CC2CC(C1)c1cccc(=O)n1C2)NCc1ccc2c(c1)OCO2. The zero-order chi connectivity index (χ0) is 21.4. The highest BCUT2D eigenvalue weighted by Crippen LogP contribution is 2.35. The average molecular weight is 423 g/mol. The number of ether oxygens (including phenoxy) is 2. The lowest BCUT2D eigenvalue weighted by molar-refractivity contribution is -0.136. The summed E-state index contributed by atoms with van der Waals surface area (Å²) < 4.78 is 12.5. The molecule has 162 valence electrons. The van der Waals surface area contributed by atoms with Crippen molar-refractivity contribution in [2.45, 2.75) is 38.3 Å². The summed E-state index contributed by atoms with van der Waals surface area (Å²) in [5.41, 5.74) is 1.97. The fourth-order valence-corrected chi connectivity index (χ4v) is 4.82. The number of piperidine rings is 1. The number of nitrogens with zero attached hydrogens (tertiary/aromatic N) is 2. The molecule has 3 aliphatic rings. The van der Waals surface area contributed by atoms with Gasteiger partial charge in [0.2, 0.25) is 18.6 Å². The van der Waals surface area contributed by atoms with Crippen molar-refractivity contribution in [1.29, 1.82) is 0 Å². The van der Waals surface area contributed by atoms with Gasteiger partial charge in [-0.3, -0.25) is 14.4 Å². The zero-order valence-corrected chi connectivity index (χ0v) is 17.2. The Morgan fingerprint density at radius 3 is 2.81 bits per heavy atom. The summed E-state index contributed by atoms with van der Waals surface area (Å²) in [6, 6.07) is 10.9. The predicted molar refractivity (Wildman–Crippen MR) is 112 cm³/mol. The van der Waals surface area contributed by atoms with Gasteiger partial charge in [0.25, 0.3) is 5.56 Å². The Hall–Kier alpha value is -3.29. The molecule has 2 amide bonds. The van der Waals surface area contributed by atoms with Gasteiger partial charge in [-0.1, -0.05) is 12.1 Å². The highest BCUT2D eigenvalue weighted by atomic mass is 16.7. The first-order valence-corrected chi connectivity index (χ1v) is 10.7. The second-order valence-electron chi connectivity index (χ2n) is 8.46. The van der Waals surface area contributed by atoms with E-state index in [-0.39, 0.29) is 48.8 Å². The van der Waals surface area contributed by atoms with E-state index in [0.29, 0.717) is 37.7 Å². The first-order chi connectivity index (χ1) is 15.1. The fourth-order valence-electron chi connectivity index (χ4n) is 4.82. The van der Waals surface area contributed by atoms with Gasteiger partial charge in [0.05, 0.1) is 0 Å². The van der Waals surface area contributed by atoms with Crippen molar-refractivity contribution in [3.8, 4) is 11.5 Å². The lowest BCUT2D eigenvalue weighted by atomic mass is 9.83. The summed E-state index contributed by atoms with van der Waals surface area (Å²) >= 11 is 0. The molecule has 0 saturated carbocycles. The average Bonchev–Trinajstić information content (AvgIpc) is 3.24. The minimum absolute atomic E-state index is 0.000317. The molecule has 1 fully saturated rings. The number of hydrogen-bond donors (Lipinski definition) is 1. The second kappa shape index (κ2) is 8.09. The highest BCUT2D eigenvalue weighted by molar-refractivity contribution is 5.83. The summed E-state index contributed by atoms with van der Waals surface area (Å²) in [5.74, 6) is 1.71. The van der Waals surface area contributed by atoms with Crippen LogP contribution in [0.2, 0.25) is 0 Å². The lowest BCUT2D eigenvalue weighted by Gasteiger charge is -2.42. The molecule has 5 rings (SSSR count). The summed E-state index contributed by atoms with van der Waals surface area (Å²) in [5, 5.41) is 2.86. The molecule has 2 atom stereocenters. The molecule has 31 heavy (non-hydrogen) atoms. The molecule has 2 unspecified atom stereocenters. The molecule has 1 aromatic heterocycles. The minimum Gasteiger partial charge on any atom is -0.454 e. The summed E-state index contributed by atoms with van der Waals surface area (Å²) in [4.78, 5) is 39.0. The van der Waals surface area contributed by atoms with Crippen molar-refractivity contribution < 1.29 is 19.1 Å². The molecular weight excluding hydrogens is 398 g/mol. The zero-order valence-electron chi connectivity index (χ0n) is 17.2. The van der Waals surface area contributed by atoms with Crippen LogP contribution in [0, 0.1) is 5.92 Å². The standard InChI is InChI=1S/C23H25N3O5/c27-21(24-10-15-4-5-19-20(9-15)31-14-30-19)6-7-22(28)25-11-16-8-17(13-25)18-2-1-3-23(29)26(18)12-16/h1-5,9,16-17H,6-8,10-14H2,(H,24,27). The third kappa shape index (κ3) is 4.02. The van der Waals surface area contributed by atoms with Crippen molar-refractivity contribution in [3.63, 3.8) is 0 Å². The molecule has 4 heterocycles. The summed E-state index contributed by atoms with van der Waals surface area (Å²) in [6.45, 7) is 2.51. The van der Waals surface area contributed by atoms with Crippen LogP contribution in [0.25, 0.3) is 0 Å². The molecule has 1 N–H and O–H groups in total. The van der Waals surface area contributed by atoms with E-state index in [1.807, 2.05) is 33.7 Å².